The van der Waals surface area contributed by atoms with Crippen LogP contribution in [-0.2, 0) is 0 Å². The van der Waals surface area contributed by atoms with E-state index in [2.05, 4.69) is 10.2 Å². The highest BCUT2D eigenvalue weighted by atomic mass is 16.2. The standard InChI is InChI=1S/C10H16N4O/c1-7-5-9(13-12-7)10(15)14-4-2-3-8(14)6-11/h5,8H,2-4,6,11H2,1H3,(H,12,13). The van der Waals surface area contributed by atoms with E-state index in [0.717, 1.165) is 25.1 Å². The predicted octanol–water partition coefficient (Wildman–Crippen LogP) is 0.281. The summed E-state index contributed by atoms with van der Waals surface area (Å²) in [7, 11) is 0. The summed E-state index contributed by atoms with van der Waals surface area (Å²) in [5, 5.41) is 6.75. The molecule has 3 N–H and O–H groups in total. The molecule has 1 aliphatic rings. The summed E-state index contributed by atoms with van der Waals surface area (Å²) in [4.78, 5) is 13.8. The molecule has 1 aliphatic heterocycles. The van der Waals surface area contributed by atoms with E-state index in [1.165, 1.54) is 0 Å². The summed E-state index contributed by atoms with van der Waals surface area (Å²) >= 11 is 0. The molecule has 2 heterocycles. The molecule has 5 nitrogen and oxygen atoms in total. The van der Waals surface area contributed by atoms with Crippen molar-refractivity contribution in [2.45, 2.75) is 25.8 Å². The Morgan fingerprint density at radius 1 is 1.80 bits per heavy atom. The number of hydrogen-bond acceptors (Lipinski definition) is 3. The topological polar surface area (TPSA) is 75.0 Å². The van der Waals surface area contributed by atoms with Gasteiger partial charge in [-0.2, -0.15) is 5.10 Å². The maximum absolute atomic E-state index is 12.0. The Bertz CT molecular complexity index is 360. The van der Waals surface area contributed by atoms with Gasteiger partial charge in [-0.15, -0.1) is 0 Å². The molecule has 1 aromatic rings. The van der Waals surface area contributed by atoms with Gasteiger partial charge in [-0.3, -0.25) is 9.89 Å². The molecule has 0 aliphatic carbocycles. The predicted molar refractivity (Wildman–Crippen MR) is 56.4 cm³/mol. The van der Waals surface area contributed by atoms with Gasteiger partial charge in [-0.1, -0.05) is 0 Å². The number of nitrogens with zero attached hydrogens (tertiary/aromatic N) is 2. The Kier molecular flexibility index (Phi) is 2.73. The number of aryl methyl sites for hydroxylation is 1. The van der Waals surface area contributed by atoms with Crippen molar-refractivity contribution in [3.63, 3.8) is 0 Å². The molecule has 82 valence electrons. The highest BCUT2D eigenvalue weighted by Crippen LogP contribution is 2.18. The number of hydrogen-bond donors (Lipinski definition) is 2. The summed E-state index contributed by atoms with van der Waals surface area (Å²) in [5.41, 5.74) is 7.02. The number of aromatic nitrogens is 2. The molecular formula is C10H16N4O. The summed E-state index contributed by atoms with van der Waals surface area (Å²) in [6.45, 7) is 3.22. The number of carbonyl (C=O) groups excluding carboxylic acids is 1. The summed E-state index contributed by atoms with van der Waals surface area (Å²) in [6, 6.07) is 1.96. The third-order valence-electron chi connectivity index (χ3n) is 2.84. The molecule has 0 saturated carbocycles. The first-order valence-electron chi connectivity index (χ1n) is 5.25. The lowest BCUT2D eigenvalue weighted by molar-refractivity contribution is 0.0735. The number of likely N-dealkylation sites (tertiary alicyclic amines) is 1. The lowest BCUT2D eigenvalue weighted by Gasteiger charge is -2.22. The lowest BCUT2D eigenvalue weighted by Crippen LogP contribution is -2.40. The van der Waals surface area contributed by atoms with Gasteiger partial charge in [0.1, 0.15) is 5.69 Å². The van der Waals surface area contributed by atoms with E-state index in [4.69, 9.17) is 5.73 Å². The fourth-order valence-electron chi connectivity index (χ4n) is 2.02. The molecule has 0 bridgehead atoms. The highest BCUT2D eigenvalue weighted by molar-refractivity contribution is 5.92. The second-order valence-corrected chi connectivity index (χ2v) is 3.97. The average Bonchev–Trinajstić information content (AvgIpc) is 2.84. The van der Waals surface area contributed by atoms with Crippen molar-refractivity contribution in [3.05, 3.63) is 17.5 Å². The van der Waals surface area contributed by atoms with Crippen LogP contribution in [0.1, 0.15) is 29.0 Å². The third kappa shape index (κ3) is 1.87. The number of carbonyl (C=O) groups is 1. The summed E-state index contributed by atoms with van der Waals surface area (Å²) in [5.74, 6) is -0.00713. The zero-order chi connectivity index (χ0) is 10.8. The molecule has 0 aromatic carbocycles. The van der Waals surface area contributed by atoms with E-state index < -0.39 is 0 Å². The maximum Gasteiger partial charge on any atom is 0.274 e. The van der Waals surface area contributed by atoms with Crippen molar-refractivity contribution in [1.82, 2.24) is 15.1 Å². The van der Waals surface area contributed by atoms with Gasteiger partial charge >= 0.3 is 0 Å². The Morgan fingerprint density at radius 2 is 2.60 bits per heavy atom. The molecule has 1 fully saturated rings. The number of nitrogens with one attached hydrogen (secondary N) is 1. The van der Waals surface area contributed by atoms with Crippen LogP contribution in [0.15, 0.2) is 6.07 Å². The van der Waals surface area contributed by atoms with Crippen LogP contribution in [0.3, 0.4) is 0 Å². The smallest absolute Gasteiger partial charge is 0.274 e. The van der Waals surface area contributed by atoms with Crippen molar-refractivity contribution >= 4 is 5.91 Å². The fourth-order valence-corrected chi connectivity index (χ4v) is 2.02. The third-order valence-corrected chi connectivity index (χ3v) is 2.84. The minimum Gasteiger partial charge on any atom is -0.333 e. The van der Waals surface area contributed by atoms with Crippen LogP contribution >= 0.6 is 0 Å². The summed E-state index contributed by atoms with van der Waals surface area (Å²) in [6.07, 6.45) is 2.04. The number of H-pyrrole nitrogens is 1. The van der Waals surface area contributed by atoms with Crippen LogP contribution < -0.4 is 5.73 Å². The number of nitrogens with two attached hydrogens (primary N) is 1. The fraction of sp³-hybridized carbons (Fsp3) is 0.600. The first-order chi connectivity index (χ1) is 7.22. The molecule has 0 radical (unpaired) electrons. The SMILES string of the molecule is Cc1cc(C(=O)N2CCCC2CN)n[nH]1. The van der Waals surface area contributed by atoms with Gasteiger partial charge < -0.3 is 10.6 Å². The van der Waals surface area contributed by atoms with Crippen molar-refractivity contribution in [1.29, 1.82) is 0 Å². The second-order valence-electron chi connectivity index (χ2n) is 3.97. The molecule has 1 aromatic heterocycles. The molecule has 1 saturated heterocycles. The molecule has 1 atom stereocenters. The molecule has 5 heteroatoms. The molecular weight excluding hydrogens is 192 g/mol. The Balaban J connectivity index is 2.13. The summed E-state index contributed by atoms with van der Waals surface area (Å²) < 4.78 is 0. The number of amides is 1. The molecule has 1 amide bonds. The molecule has 1 unspecified atom stereocenters. The molecule has 0 spiro atoms. The first kappa shape index (κ1) is 10.2. The van der Waals surface area contributed by atoms with Crippen molar-refractivity contribution in [2.75, 3.05) is 13.1 Å². The van der Waals surface area contributed by atoms with Gasteiger partial charge in [0.2, 0.25) is 0 Å². The van der Waals surface area contributed by atoms with Gasteiger partial charge in [0.05, 0.1) is 0 Å². The zero-order valence-corrected chi connectivity index (χ0v) is 8.86. The van der Waals surface area contributed by atoms with Gasteiger partial charge in [-0.05, 0) is 25.8 Å². The number of rotatable bonds is 2. The molecule has 2 rings (SSSR count). The van der Waals surface area contributed by atoms with Crippen molar-refractivity contribution in [3.8, 4) is 0 Å². The average molecular weight is 208 g/mol. The molecule has 15 heavy (non-hydrogen) atoms. The zero-order valence-electron chi connectivity index (χ0n) is 8.86. The highest BCUT2D eigenvalue weighted by Gasteiger charge is 2.29. The Hall–Kier alpha value is -1.36. The maximum atomic E-state index is 12.0. The Morgan fingerprint density at radius 3 is 3.20 bits per heavy atom. The van der Waals surface area contributed by atoms with Crippen LogP contribution in [-0.4, -0.2) is 40.1 Å². The minimum absolute atomic E-state index is 0.00713. The van der Waals surface area contributed by atoms with E-state index in [1.54, 1.807) is 6.07 Å². The first-order valence-corrected chi connectivity index (χ1v) is 5.25. The van der Waals surface area contributed by atoms with Crippen LogP contribution in [0.2, 0.25) is 0 Å². The van der Waals surface area contributed by atoms with E-state index in [9.17, 15) is 4.79 Å². The van der Waals surface area contributed by atoms with Gasteiger partial charge in [0, 0.05) is 24.8 Å². The Labute approximate surface area is 88.6 Å². The van der Waals surface area contributed by atoms with Gasteiger partial charge in [0.15, 0.2) is 0 Å². The van der Waals surface area contributed by atoms with Crippen LogP contribution in [0, 0.1) is 6.92 Å². The monoisotopic (exact) mass is 208 g/mol. The van der Waals surface area contributed by atoms with E-state index in [-0.39, 0.29) is 11.9 Å². The minimum atomic E-state index is -0.00713. The van der Waals surface area contributed by atoms with Gasteiger partial charge in [-0.25, -0.2) is 0 Å². The number of aromatic amines is 1. The van der Waals surface area contributed by atoms with E-state index >= 15 is 0 Å². The van der Waals surface area contributed by atoms with Crippen molar-refractivity contribution < 1.29 is 4.79 Å². The van der Waals surface area contributed by atoms with Crippen LogP contribution in [0.25, 0.3) is 0 Å². The van der Waals surface area contributed by atoms with E-state index in [0.29, 0.717) is 12.2 Å². The normalized spacial score (nSPS) is 20.9. The van der Waals surface area contributed by atoms with Crippen LogP contribution in [0.5, 0.6) is 0 Å². The van der Waals surface area contributed by atoms with Crippen molar-refractivity contribution in [2.24, 2.45) is 5.73 Å². The quantitative estimate of drug-likeness (QED) is 0.733. The van der Waals surface area contributed by atoms with Crippen LogP contribution in [0.4, 0.5) is 0 Å². The largest absolute Gasteiger partial charge is 0.333 e. The van der Waals surface area contributed by atoms with E-state index in [1.807, 2.05) is 11.8 Å². The lowest BCUT2D eigenvalue weighted by atomic mass is 10.2. The second kappa shape index (κ2) is 4.02. The van der Waals surface area contributed by atoms with Gasteiger partial charge in [0.25, 0.3) is 5.91 Å².